The SMILES string of the molecule is CS(=O)(=O)[C@H]1CCC[C@@H](NC(=O)Nc2cccc(F)c2)C1. The van der Waals surface area contributed by atoms with Gasteiger partial charge in [-0.2, -0.15) is 0 Å². The molecule has 1 aliphatic rings. The van der Waals surface area contributed by atoms with Crippen molar-refractivity contribution >= 4 is 21.6 Å². The monoisotopic (exact) mass is 314 g/mol. The predicted molar refractivity (Wildman–Crippen MR) is 79.4 cm³/mol. The molecule has 1 saturated carbocycles. The highest BCUT2D eigenvalue weighted by Crippen LogP contribution is 2.24. The Morgan fingerprint density at radius 2 is 2.10 bits per heavy atom. The number of carbonyl (C=O) groups excluding carboxylic acids is 1. The lowest BCUT2D eigenvalue weighted by atomic mass is 9.95. The Balaban J connectivity index is 1.90. The summed E-state index contributed by atoms with van der Waals surface area (Å²) in [6.45, 7) is 0. The summed E-state index contributed by atoms with van der Waals surface area (Å²) in [6, 6.07) is 4.99. The van der Waals surface area contributed by atoms with E-state index in [1.165, 1.54) is 24.5 Å². The molecule has 0 aliphatic heterocycles. The number of amides is 2. The molecule has 7 heteroatoms. The van der Waals surface area contributed by atoms with Gasteiger partial charge in [-0.1, -0.05) is 12.5 Å². The number of nitrogens with one attached hydrogen (secondary N) is 2. The zero-order valence-electron chi connectivity index (χ0n) is 11.8. The molecule has 2 atom stereocenters. The van der Waals surface area contributed by atoms with Gasteiger partial charge in [-0.25, -0.2) is 17.6 Å². The Bertz CT molecular complexity index is 618. The van der Waals surface area contributed by atoms with E-state index < -0.39 is 26.9 Å². The van der Waals surface area contributed by atoms with Crippen molar-refractivity contribution in [3.63, 3.8) is 0 Å². The van der Waals surface area contributed by atoms with Gasteiger partial charge in [0.1, 0.15) is 15.7 Å². The quantitative estimate of drug-likeness (QED) is 0.899. The first-order valence-electron chi connectivity index (χ1n) is 6.86. The number of urea groups is 1. The summed E-state index contributed by atoms with van der Waals surface area (Å²) in [4.78, 5) is 11.9. The molecule has 0 unspecified atom stereocenters. The minimum absolute atomic E-state index is 0.174. The van der Waals surface area contributed by atoms with E-state index in [0.29, 0.717) is 18.5 Å². The number of hydrogen-bond acceptors (Lipinski definition) is 3. The van der Waals surface area contributed by atoms with Gasteiger partial charge in [0.05, 0.1) is 5.25 Å². The van der Waals surface area contributed by atoms with Gasteiger partial charge >= 0.3 is 6.03 Å². The highest BCUT2D eigenvalue weighted by Gasteiger charge is 2.29. The van der Waals surface area contributed by atoms with Crippen LogP contribution in [0.2, 0.25) is 0 Å². The number of hydrogen-bond donors (Lipinski definition) is 2. The van der Waals surface area contributed by atoms with Crippen molar-refractivity contribution in [3.05, 3.63) is 30.1 Å². The number of halogens is 1. The zero-order valence-corrected chi connectivity index (χ0v) is 12.6. The molecule has 1 fully saturated rings. The van der Waals surface area contributed by atoms with Crippen LogP contribution in [0.1, 0.15) is 25.7 Å². The molecule has 116 valence electrons. The second-order valence-electron chi connectivity index (χ2n) is 5.42. The van der Waals surface area contributed by atoms with Crippen LogP contribution in [0.4, 0.5) is 14.9 Å². The maximum absolute atomic E-state index is 13.0. The Labute approximate surface area is 123 Å². The average Bonchev–Trinajstić information content (AvgIpc) is 2.37. The fourth-order valence-corrected chi connectivity index (χ4v) is 3.76. The molecule has 0 heterocycles. The highest BCUT2D eigenvalue weighted by molar-refractivity contribution is 7.91. The Hall–Kier alpha value is -1.63. The normalized spacial score (nSPS) is 22.6. The van der Waals surface area contributed by atoms with Gasteiger partial charge in [0.25, 0.3) is 0 Å². The third-order valence-electron chi connectivity index (χ3n) is 3.65. The summed E-state index contributed by atoms with van der Waals surface area (Å²) >= 11 is 0. The number of sulfone groups is 1. The summed E-state index contributed by atoms with van der Waals surface area (Å²) in [5, 5.41) is 4.90. The minimum atomic E-state index is -3.08. The molecular formula is C14H19FN2O3S. The van der Waals surface area contributed by atoms with Crippen molar-refractivity contribution in [3.8, 4) is 0 Å². The third kappa shape index (κ3) is 4.70. The summed E-state index contributed by atoms with van der Waals surface area (Å²) < 4.78 is 36.2. The van der Waals surface area contributed by atoms with E-state index in [0.717, 1.165) is 12.8 Å². The first kappa shape index (κ1) is 15.8. The summed E-state index contributed by atoms with van der Waals surface area (Å²) in [5.41, 5.74) is 0.364. The van der Waals surface area contributed by atoms with Crippen molar-refractivity contribution in [2.75, 3.05) is 11.6 Å². The maximum Gasteiger partial charge on any atom is 0.319 e. The Morgan fingerprint density at radius 3 is 2.76 bits per heavy atom. The van der Waals surface area contributed by atoms with Crippen LogP contribution in [-0.4, -0.2) is 32.0 Å². The van der Waals surface area contributed by atoms with Gasteiger partial charge in [-0.3, -0.25) is 0 Å². The molecule has 0 aromatic heterocycles. The number of anilines is 1. The van der Waals surface area contributed by atoms with E-state index in [9.17, 15) is 17.6 Å². The van der Waals surface area contributed by atoms with Crippen molar-refractivity contribution in [1.29, 1.82) is 0 Å². The molecule has 5 nitrogen and oxygen atoms in total. The molecule has 1 aromatic rings. The van der Waals surface area contributed by atoms with E-state index in [1.54, 1.807) is 6.07 Å². The second kappa shape index (κ2) is 6.43. The van der Waals surface area contributed by atoms with Crippen molar-refractivity contribution in [2.45, 2.75) is 37.0 Å². The van der Waals surface area contributed by atoms with E-state index in [1.807, 2.05) is 0 Å². The molecule has 0 saturated heterocycles. The van der Waals surface area contributed by atoms with Crippen LogP contribution < -0.4 is 10.6 Å². The molecule has 2 N–H and O–H groups in total. The number of carbonyl (C=O) groups is 1. The fourth-order valence-electron chi connectivity index (χ4n) is 2.58. The average molecular weight is 314 g/mol. The van der Waals surface area contributed by atoms with Crippen molar-refractivity contribution in [1.82, 2.24) is 5.32 Å². The third-order valence-corrected chi connectivity index (χ3v) is 5.29. The van der Waals surface area contributed by atoms with Crippen LogP contribution in [0.15, 0.2) is 24.3 Å². The van der Waals surface area contributed by atoms with Gasteiger partial charge in [0.2, 0.25) is 0 Å². The zero-order chi connectivity index (χ0) is 15.5. The number of rotatable bonds is 3. The molecule has 1 aromatic carbocycles. The molecule has 0 radical (unpaired) electrons. The second-order valence-corrected chi connectivity index (χ2v) is 7.75. The van der Waals surface area contributed by atoms with Crippen LogP contribution in [0, 0.1) is 5.82 Å². The molecule has 1 aliphatic carbocycles. The molecule has 0 spiro atoms. The largest absolute Gasteiger partial charge is 0.335 e. The van der Waals surface area contributed by atoms with Crippen LogP contribution in [0.5, 0.6) is 0 Å². The van der Waals surface area contributed by atoms with Gasteiger partial charge in [0.15, 0.2) is 0 Å². The number of benzene rings is 1. The van der Waals surface area contributed by atoms with E-state index in [-0.39, 0.29) is 6.04 Å². The maximum atomic E-state index is 13.0. The Kier molecular flexibility index (Phi) is 4.82. The highest BCUT2D eigenvalue weighted by atomic mass is 32.2. The predicted octanol–water partition coefficient (Wildman–Crippen LogP) is 2.30. The summed E-state index contributed by atoms with van der Waals surface area (Å²) in [5.74, 6) is -0.428. The summed E-state index contributed by atoms with van der Waals surface area (Å²) in [6.07, 6.45) is 3.82. The van der Waals surface area contributed by atoms with Crippen LogP contribution in [0.25, 0.3) is 0 Å². The molecule has 2 amide bonds. The standard InChI is InChI=1S/C14H19FN2O3S/c1-21(19,20)13-7-3-6-12(9-13)17-14(18)16-11-5-2-4-10(15)8-11/h2,4-5,8,12-13H,3,6-7,9H2,1H3,(H2,16,17,18)/t12-,13+/m1/s1. The van der Waals surface area contributed by atoms with Gasteiger partial charge in [-0.05, 0) is 37.5 Å². The van der Waals surface area contributed by atoms with Crippen LogP contribution in [0.3, 0.4) is 0 Å². The van der Waals surface area contributed by atoms with E-state index in [4.69, 9.17) is 0 Å². The van der Waals surface area contributed by atoms with Crippen LogP contribution >= 0.6 is 0 Å². The fraction of sp³-hybridized carbons (Fsp3) is 0.500. The first-order chi connectivity index (χ1) is 9.84. The smallest absolute Gasteiger partial charge is 0.319 e. The first-order valence-corrected chi connectivity index (χ1v) is 8.82. The lowest BCUT2D eigenvalue weighted by molar-refractivity contribution is 0.244. The van der Waals surface area contributed by atoms with E-state index >= 15 is 0 Å². The van der Waals surface area contributed by atoms with Gasteiger partial charge in [-0.15, -0.1) is 0 Å². The van der Waals surface area contributed by atoms with Crippen molar-refractivity contribution < 1.29 is 17.6 Å². The molecule has 2 rings (SSSR count). The van der Waals surface area contributed by atoms with Crippen LogP contribution in [-0.2, 0) is 9.84 Å². The van der Waals surface area contributed by atoms with Gasteiger partial charge in [0, 0.05) is 18.0 Å². The van der Waals surface area contributed by atoms with Crippen molar-refractivity contribution in [2.24, 2.45) is 0 Å². The minimum Gasteiger partial charge on any atom is -0.335 e. The molecule has 21 heavy (non-hydrogen) atoms. The van der Waals surface area contributed by atoms with E-state index in [2.05, 4.69) is 10.6 Å². The lowest BCUT2D eigenvalue weighted by Gasteiger charge is -2.28. The molecular weight excluding hydrogens is 295 g/mol. The molecule has 0 bridgehead atoms. The lowest BCUT2D eigenvalue weighted by Crippen LogP contribution is -2.43. The van der Waals surface area contributed by atoms with Gasteiger partial charge < -0.3 is 10.6 Å². The Morgan fingerprint density at radius 1 is 1.33 bits per heavy atom. The topological polar surface area (TPSA) is 75.3 Å². The summed E-state index contributed by atoms with van der Waals surface area (Å²) in [7, 11) is -3.08.